The van der Waals surface area contributed by atoms with E-state index >= 15 is 0 Å². The third-order valence-electron chi connectivity index (χ3n) is 3.48. The van der Waals surface area contributed by atoms with Crippen LogP contribution in [0.15, 0.2) is 12.5 Å². The molecule has 0 unspecified atom stereocenters. The molecule has 1 heterocycles. The van der Waals surface area contributed by atoms with Crippen LogP contribution in [0.2, 0.25) is 0 Å². The van der Waals surface area contributed by atoms with Crippen molar-refractivity contribution in [1.82, 2.24) is 9.55 Å². The quantitative estimate of drug-likeness (QED) is 0.828. The van der Waals surface area contributed by atoms with Gasteiger partial charge >= 0.3 is 0 Å². The summed E-state index contributed by atoms with van der Waals surface area (Å²) in [5.41, 5.74) is 7.30. The van der Waals surface area contributed by atoms with E-state index in [4.69, 9.17) is 5.73 Å². The van der Waals surface area contributed by atoms with Gasteiger partial charge in [0.15, 0.2) is 0 Å². The van der Waals surface area contributed by atoms with E-state index in [1.165, 1.54) is 37.8 Å². The summed E-state index contributed by atoms with van der Waals surface area (Å²) in [7, 11) is 0. The number of aromatic nitrogens is 2. The topological polar surface area (TPSA) is 43.8 Å². The molecule has 0 bridgehead atoms. The average molecular weight is 207 g/mol. The first-order valence-electron chi connectivity index (χ1n) is 6.10. The monoisotopic (exact) mass is 207 g/mol. The molecule has 3 nitrogen and oxygen atoms in total. The Labute approximate surface area is 91.7 Å². The lowest BCUT2D eigenvalue weighted by Gasteiger charge is -2.26. The second kappa shape index (κ2) is 4.79. The molecule has 15 heavy (non-hydrogen) atoms. The van der Waals surface area contributed by atoms with Crippen molar-refractivity contribution in [3.63, 3.8) is 0 Å². The largest absolute Gasteiger partial charge is 0.330 e. The highest BCUT2D eigenvalue weighted by Gasteiger charge is 2.19. The van der Waals surface area contributed by atoms with Crippen molar-refractivity contribution < 1.29 is 0 Å². The van der Waals surface area contributed by atoms with Gasteiger partial charge < -0.3 is 10.3 Å². The van der Waals surface area contributed by atoms with Crippen LogP contribution in [-0.2, 0) is 0 Å². The Morgan fingerprint density at radius 1 is 1.47 bits per heavy atom. The minimum atomic E-state index is 0.148. The van der Waals surface area contributed by atoms with Crippen molar-refractivity contribution in [2.75, 3.05) is 0 Å². The predicted molar refractivity (Wildman–Crippen MR) is 61.6 cm³/mol. The smallest absolute Gasteiger partial charge is 0.0951 e. The molecule has 2 rings (SSSR count). The van der Waals surface area contributed by atoms with E-state index in [9.17, 15) is 0 Å². The summed E-state index contributed by atoms with van der Waals surface area (Å²) in [6.45, 7) is 2.13. The molecule has 1 aromatic rings. The molecule has 1 saturated carbocycles. The van der Waals surface area contributed by atoms with Crippen LogP contribution in [0, 0.1) is 0 Å². The lowest BCUT2D eigenvalue weighted by Crippen LogP contribution is -2.19. The molecule has 1 aromatic heterocycles. The van der Waals surface area contributed by atoms with Crippen molar-refractivity contribution in [3.05, 3.63) is 18.2 Å². The van der Waals surface area contributed by atoms with Gasteiger partial charge in [0.2, 0.25) is 0 Å². The molecule has 1 aliphatic carbocycles. The first kappa shape index (κ1) is 10.7. The van der Waals surface area contributed by atoms with Gasteiger partial charge in [0.1, 0.15) is 0 Å². The molecule has 0 saturated heterocycles. The minimum absolute atomic E-state index is 0.148. The Bertz CT molecular complexity index is 300. The van der Waals surface area contributed by atoms with E-state index in [1.807, 2.05) is 12.5 Å². The zero-order valence-electron chi connectivity index (χ0n) is 9.52. The van der Waals surface area contributed by atoms with E-state index in [-0.39, 0.29) is 6.04 Å². The average Bonchev–Trinajstić information content (AvgIpc) is 2.78. The summed E-state index contributed by atoms with van der Waals surface area (Å²) < 4.78 is 2.31. The fourth-order valence-corrected chi connectivity index (χ4v) is 2.48. The summed E-state index contributed by atoms with van der Waals surface area (Å²) in [5, 5.41) is 0. The van der Waals surface area contributed by atoms with Crippen LogP contribution in [0.4, 0.5) is 0 Å². The highest BCUT2D eigenvalue weighted by Crippen LogP contribution is 2.30. The Hall–Kier alpha value is -0.830. The normalized spacial score (nSPS) is 20.4. The maximum Gasteiger partial charge on any atom is 0.0951 e. The second-order valence-corrected chi connectivity index (χ2v) is 4.53. The van der Waals surface area contributed by atoms with Gasteiger partial charge in [-0.3, -0.25) is 0 Å². The lowest BCUT2D eigenvalue weighted by molar-refractivity contribution is 0.341. The van der Waals surface area contributed by atoms with Gasteiger partial charge in [-0.05, 0) is 19.3 Å². The molecule has 0 aliphatic heterocycles. The Balaban J connectivity index is 2.15. The maximum absolute atomic E-state index is 6.09. The number of hydrogen-bond donors (Lipinski definition) is 1. The zero-order chi connectivity index (χ0) is 10.7. The Morgan fingerprint density at radius 2 is 2.20 bits per heavy atom. The van der Waals surface area contributed by atoms with E-state index in [2.05, 4.69) is 16.5 Å². The molecule has 0 amide bonds. The first-order chi connectivity index (χ1) is 7.33. The number of hydrogen-bond acceptors (Lipinski definition) is 2. The van der Waals surface area contributed by atoms with Crippen LogP contribution in [0.1, 0.15) is 63.2 Å². The van der Waals surface area contributed by atoms with E-state index in [1.54, 1.807) is 0 Å². The summed E-state index contributed by atoms with van der Waals surface area (Å²) in [4.78, 5) is 4.25. The fourth-order valence-electron chi connectivity index (χ4n) is 2.48. The number of rotatable bonds is 3. The summed E-state index contributed by atoms with van der Waals surface area (Å²) >= 11 is 0. The van der Waals surface area contributed by atoms with Crippen LogP contribution in [0.3, 0.4) is 0 Å². The number of imidazole rings is 1. The van der Waals surface area contributed by atoms with Crippen LogP contribution >= 0.6 is 0 Å². The molecule has 2 N–H and O–H groups in total. The SMILES string of the molecule is CC[C@@H](N)c1cncn1C1CCCCC1. The van der Waals surface area contributed by atoms with E-state index in [0.29, 0.717) is 6.04 Å². The standard InChI is InChI=1S/C12H21N3/c1-2-11(13)12-8-14-9-15(12)10-6-4-3-5-7-10/h8-11H,2-7,13H2,1H3/t11-/m1/s1. The minimum Gasteiger partial charge on any atom is -0.330 e. The Morgan fingerprint density at radius 3 is 2.87 bits per heavy atom. The van der Waals surface area contributed by atoms with Gasteiger partial charge in [0, 0.05) is 18.3 Å². The van der Waals surface area contributed by atoms with Crippen molar-refractivity contribution in [3.8, 4) is 0 Å². The summed E-state index contributed by atoms with van der Waals surface area (Å²) in [6.07, 6.45) is 11.6. The summed E-state index contributed by atoms with van der Waals surface area (Å²) in [5.74, 6) is 0. The third kappa shape index (κ3) is 2.23. The second-order valence-electron chi connectivity index (χ2n) is 4.53. The Kier molecular flexibility index (Phi) is 3.41. The van der Waals surface area contributed by atoms with Crippen molar-refractivity contribution in [2.24, 2.45) is 5.73 Å². The van der Waals surface area contributed by atoms with Crippen molar-refractivity contribution in [1.29, 1.82) is 0 Å². The predicted octanol–water partition coefficient (Wildman–Crippen LogP) is 2.80. The molecule has 1 atom stereocenters. The van der Waals surface area contributed by atoms with Crippen LogP contribution < -0.4 is 5.73 Å². The lowest BCUT2D eigenvalue weighted by atomic mass is 9.95. The molecule has 1 fully saturated rings. The van der Waals surface area contributed by atoms with Gasteiger partial charge in [-0.25, -0.2) is 4.98 Å². The van der Waals surface area contributed by atoms with Crippen molar-refractivity contribution >= 4 is 0 Å². The van der Waals surface area contributed by atoms with E-state index in [0.717, 1.165) is 6.42 Å². The number of nitrogens with zero attached hydrogens (tertiary/aromatic N) is 2. The van der Waals surface area contributed by atoms with Crippen LogP contribution in [0.5, 0.6) is 0 Å². The molecule has 0 spiro atoms. The van der Waals surface area contributed by atoms with Gasteiger partial charge in [0.25, 0.3) is 0 Å². The van der Waals surface area contributed by atoms with Crippen LogP contribution in [-0.4, -0.2) is 9.55 Å². The molecular formula is C12H21N3. The van der Waals surface area contributed by atoms with Gasteiger partial charge in [-0.15, -0.1) is 0 Å². The maximum atomic E-state index is 6.09. The highest BCUT2D eigenvalue weighted by atomic mass is 15.1. The highest BCUT2D eigenvalue weighted by molar-refractivity contribution is 5.06. The molecular weight excluding hydrogens is 186 g/mol. The molecule has 0 radical (unpaired) electrons. The molecule has 1 aliphatic rings. The molecule has 84 valence electrons. The van der Waals surface area contributed by atoms with Gasteiger partial charge in [-0.2, -0.15) is 0 Å². The third-order valence-corrected chi connectivity index (χ3v) is 3.48. The molecule has 0 aromatic carbocycles. The number of nitrogens with two attached hydrogens (primary N) is 1. The van der Waals surface area contributed by atoms with E-state index < -0.39 is 0 Å². The van der Waals surface area contributed by atoms with Crippen molar-refractivity contribution in [2.45, 2.75) is 57.5 Å². The van der Waals surface area contributed by atoms with Gasteiger partial charge in [-0.1, -0.05) is 26.2 Å². The van der Waals surface area contributed by atoms with Crippen LogP contribution in [0.25, 0.3) is 0 Å². The first-order valence-corrected chi connectivity index (χ1v) is 6.10. The zero-order valence-corrected chi connectivity index (χ0v) is 9.52. The van der Waals surface area contributed by atoms with Gasteiger partial charge in [0.05, 0.1) is 12.0 Å². The fraction of sp³-hybridized carbons (Fsp3) is 0.750. The summed E-state index contributed by atoms with van der Waals surface area (Å²) in [6, 6.07) is 0.795. The molecule has 3 heteroatoms.